The van der Waals surface area contributed by atoms with E-state index in [-0.39, 0.29) is 5.92 Å². The zero-order chi connectivity index (χ0) is 12.7. The highest BCUT2D eigenvalue weighted by atomic mass is 79.9. The summed E-state index contributed by atoms with van der Waals surface area (Å²) in [4.78, 5) is 2.23. The van der Waals surface area contributed by atoms with Gasteiger partial charge in [0.25, 0.3) is 0 Å². The molecule has 0 aliphatic rings. The number of halogens is 1. The number of nitriles is 1. The quantitative estimate of drug-likeness (QED) is 0.803. The summed E-state index contributed by atoms with van der Waals surface area (Å²) in [7, 11) is 2.08. The SMILES string of the molecule is CCC(C#N)CN(C)CCc1cccc(Br)c1. The Morgan fingerprint density at radius 1 is 1.47 bits per heavy atom. The number of benzene rings is 1. The Morgan fingerprint density at radius 2 is 2.24 bits per heavy atom. The molecule has 0 N–H and O–H groups in total. The van der Waals surface area contributed by atoms with E-state index in [0.29, 0.717) is 0 Å². The largest absolute Gasteiger partial charge is 0.305 e. The molecular formula is C14H19BrN2. The monoisotopic (exact) mass is 294 g/mol. The van der Waals surface area contributed by atoms with Gasteiger partial charge >= 0.3 is 0 Å². The third-order valence-electron chi connectivity index (χ3n) is 2.88. The van der Waals surface area contributed by atoms with Crippen LogP contribution in [0, 0.1) is 17.2 Å². The molecule has 0 heterocycles. The van der Waals surface area contributed by atoms with Crippen molar-refractivity contribution in [3.05, 3.63) is 34.3 Å². The Bertz CT molecular complexity index is 384. The molecule has 2 nitrogen and oxygen atoms in total. The average Bonchev–Trinajstić information content (AvgIpc) is 2.33. The lowest BCUT2D eigenvalue weighted by molar-refractivity contribution is 0.303. The van der Waals surface area contributed by atoms with E-state index in [2.05, 4.69) is 59.1 Å². The standard InChI is InChI=1S/C14H19BrN2/c1-3-12(10-16)11-17(2)8-7-13-5-4-6-14(15)9-13/h4-6,9,12H,3,7-8,11H2,1-2H3. The van der Waals surface area contributed by atoms with Gasteiger partial charge in [-0.25, -0.2) is 0 Å². The summed E-state index contributed by atoms with van der Waals surface area (Å²) in [6.07, 6.45) is 1.95. The van der Waals surface area contributed by atoms with Gasteiger partial charge in [-0.05, 0) is 37.6 Å². The Labute approximate surface area is 112 Å². The minimum absolute atomic E-state index is 0.155. The van der Waals surface area contributed by atoms with Crippen LogP contribution in [0.15, 0.2) is 28.7 Å². The van der Waals surface area contributed by atoms with Gasteiger partial charge in [0.05, 0.1) is 12.0 Å². The second-order valence-corrected chi connectivity index (χ2v) is 5.29. The lowest BCUT2D eigenvalue weighted by atomic mass is 10.1. The smallest absolute Gasteiger partial charge is 0.0669 e. The molecule has 1 unspecified atom stereocenters. The van der Waals surface area contributed by atoms with Crippen molar-refractivity contribution in [2.75, 3.05) is 20.1 Å². The van der Waals surface area contributed by atoms with Crippen molar-refractivity contribution >= 4 is 15.9 Å². The molecule has 0 aliphatic carbocycles. The molecule has 0 aromatic heterocycles. The number of hydrogen-bond donors (Lipinski definition) is 0. The molecule has 1 aromatic rings. The molecule has 0 saturated heterocycles. The van der Waals surface area contributed by atoms with E-state index in [9.17, 15) is 0 Å². The van der Waals surface area contributed by atoms with Crippen LogP contribution in [-0.4, -0.2) is 25.0 Å². The summed E-state index contributed by atoms with van der Waals surface area (Å²) < 4.78 is 1.13. The van der Waals surface area contributed by atoms with Crippen LogP contribution in [0.5, 0.6) is 0 Å². The molecule has 0 saturated carbocycles. The maximum Gasteiger partial charge on any atom is 0.0669 e. The van der Waals surface area contributed by atoms with Crippen LogP contribution < -0.4 is 0 Å². The molecule has 1 rings (SSSR count). The van der Waals surface area contributed by atoms with Crippen molar-refractivity contribution in [2.45, 2.75) is 19.8 Å². The summed E-state index contributed by atoms with van der Waals surface area (Å²) in [5.74, 6) is 0.155. The molecule has 17 heavy (non-hydrogen) atoms. The average molecular weight is 295 g/mol. The second kappa shape index (κ2) is 7.47. The molecule has 0 bridgehead atoms. The molecule has 0 fully saturated rings. The Morgan fingerprint density at radius 3 is 2.82 bits per heavy atom. The van der Waals surface area contributed by atoms with Gasteiger partial charge in [0.1, 0.15) is 0 Å². The van der Waals surface area contributed by atoms with Crippen molar-refractivity contribution in [3.63, 3.8) is 0 Å². The highest BCUT2D eigenvalue weighted by molar-refractivity contribution is 9.10. The summed E-state index contributed by atoms with van der Waals surface area (Å²) >= 11 is 3.48. The van der Waals surface area contributed by atoms with Crippen molar-refractivity contribution in [1.82, 2.24) is 4.90 Å². The van der Waals surface area contributed by atoms with Crippen LogP contribution in [-0.2, 0) is 6.42 Å². The number of hydrogen-bond acceptors (Lipinski definition) is 2. The van der Waals surface area contributed by atoms with Gasteiger partial charge < -0.3 is 4.90 Å². The first-order valence-corrected chi connectivity index (χ1v) is 6.77. The van der Waals surface area contributed by atoms with Gasteiger partial charge in [0.2, 0.25) is 0 Å². The van der Waals surface area contributed by atoms with Gasteiger partial charge in [0.15, 0.2) is 0 Å². The van der Waals surface area contributed by atoms with Gasteiger partial charge in [-0.1, -0.05) is 35.0 Å². The van der Waals surface area contributed by atoms with E-state index in [1.165, 1.54) is 5.56 Å². The minimum Gasteiger partial charge on any atom is -0.305 e. The fourth-order valence-corrected chi connectivity index (χ4v) is 2.19. The summed E-state index contributed by atoms with van der Waals surface area (Å²) in [6, 6.07) is 10.7. The van der Waals surface area contributed by atoms with E-state index in [4.69, 9.17) is 5.26 Å². The molecule has 1 atom stereocenters. The van der Waals surface area contributed by atoms with E-state index >= 15 is 0 Å². The Balaban J connectivity index is 2.38. The predicted molar refractivity (Wildman–Crippen MR) is 74.7 cm³/mol. The van der Waals surface area contributed by atoms with Crippen LogP contribution in [0.25, 0.3) is 0 Å². The van der Waals surface area contributed by atoms with Crippen LogP contribution in [0.3, 0.4) is 0 Å². The molecule has 0 amide bonds. The van der Waals surface area contributed by atoms with Crippen LogP contribution in [0.2, 0.25) is 0 Å². The fourth-order valence-electron chi connectivity index (χ4n) is 1.74. The Kier molecular flexibility index (Phi) is 6.25. The first kappa shape index (κ1) is 14.2. The van der Waals surface area contributed by atoms with Crippen molar-refractivity contribution in [3.8, 4) is 6.07 Å². The zero-order valence-electron chi connectivity index (χ0n) is 10.5. The first-order valence-electron chi connectivity index (χ1n) is 5.98. The Hall–Kier alpha value is -0.850. The van der Waals surface area contributed by atoms with E-state index < -0.39 is 0 Å². The lowest BCUT2D eigenvalue weighted by Gasteiger charge is -2.18. The number of likely N-dealkylation sites (N-methyl/N-ethyl adjacent to an activating group) is 1. The normalized spacial score (nSPS) is 12.4. The molecule has 0 spiro atoms. The third kappa shape index (κ3) is 5.34. The van der Waals surface area contributed by atoms with Gasteiger partial charge in [-0.2, -0.15) is 5.26 Å². The van der Waals surface area contributed by atoms with Gasteiger partial charge in [-0.15, -0.1) is 0 Å². The molecule has 0 aliphatic heterocycles. The van der Waals surface area contributed by atoms with E-state index in [1.54, 1.807) is 0 Å². The van der Waals surface area contributed by atoms with Crippen LogP contribution in [0.4, 0.5) is 0 Å². The van der Waals surface area contributed by atoms with Crippen LogP contribution in [0.1, 0.15) is 18.9 Å². The predicted octanol–water partition coefficient (Wildman–Crippen LogP) is 3.47. The van der Waals surface area contributed by atoms with Crippen molar-refractivity contribution < 1.29 is 0 Å². The van der Waals surface area contributed by atoms with Crippen molar-refractivity contribution in [1.29, 1.82) is 5.26 Å². The minimum atomic E-state index is 0.155. The topological polar surface area (TPSA) is 27.0 Å². The second-order valence-electron chi connectivity index (χ2n) is 4.38. The molecule has 92 valence electrons. The highest BCUT2D eigenvalue weighted by Crippen LogP contribution is 2.12. The summed E-state index contributed by atoms with van der Waals surface area (Å²) in [5, 5.41) is 8.91. The van der Waals surface area contributed by atoms with Gasteiger partial charge in [0, 0.05) is 17.6 Å². The van der Waals surface area contributed by atoms with Crippen molar-refractivity contribution in [2.24, 2.45) is 5.92 Å². The maximum atomic E-state index is 8.91. The zero-order valence-corrected chi connectivity index (χ0v) is 12.1. The molecular weight excluding hydrogens is 276 g/mol. The number of nitrogens with zero attached hydrogens (tertiary/aromatic N) is 2. The maximum absolute atomic E-state index is 8.91. The molecule has 0 radical (unpaired) electrons. The highest BCUT2D eigenvalue weighted by Gasteiger charge is 2.08. The van der Waals surface area contributed by atoms with Crippen LogP contribution >= 0.6 is 15.9 Å². The van der Waals surface area contributed by atoms with E-state index in [1.807, 2.05) is 6.07 Å². The van der Waals surface area contributed by atoms with Gasteiger partial charge in [-0.3, -0.25) is 0 Å². The molecule has 3 heteroatoms. The number of rotatable bonds is 6. The first-order chi connectivity index (χ1) is 8.15. The molecule has 1 aromatic carbocycles. The summed E-state index contributed by atoms with van der Waals surface area (Å²) in [5.41, 5.74) is 1.33. The third-order valence-corrected chi connectivity index (χ3v) is 3.37. The summed E-state index contributed by atoms with van der Waals surface area (Å²) in [6.45, 7) is 3.92. The van der Waals surface area contributed by atoms with E-state index in [0.717, 1.165) is 30.4 Å². The fraction of sp³-hybridized carbons (Fsp3) is 0.500. The lowest BCUT2D eigenvalue weighted by Crippen LogP contribution is -2.27.